The quantitative estimate of drug-likeness (QED) is 0.669. The zero-order chi connectivity index (χ0) is 11.1. The third kappa shape index (κ3) is 4.09. The Hall–Kier alpha value is -0.120. The average molecular weight is 214 g/mol. The summed E-state index contributed by atoms with van der Waals surface area (Å²) in [7, 11) is 1.99. The van der Waals surface area contributed by atoms with Gasteiger partial charge >= 0.3 is 0 Å². The predicted molar refractivity (Wildman–Crippen MR) is 64.1 cm³/mol. The maximum atomic E-state index is 8.96. The summed E-state index contributed by atoms with van der Waals surface area (Å²) in [4.78, 5) is 2.57. The molecule has 0 aromatic carbocycles. The first kappa shape index (κ1) is 12.9. The fourth-order valence-corrected chi connectivity index (χ4v) is 2.57. The Morgan fingerprint density at radius 3 is 2.53 bits per heavy atom. The van der Waals surface area contributed by atoms with Crippen molar-refractivity contribution in [2.75, 3.05) is 26.7 Å². The Balaban J connectivity index is 2.36. The van der Waals surface area contributed by atoms with Gasteiger partial charge in [-0.15, -0.1) is 0 Å². The summed E-state index contributed by atoms with van der Waals surface area (Å²) >= 11 is 0. The second-order valence-corrected chi connectivity index (χ2v) is 4.52. The molecule has 0 saturated heterocycles. The highest BCUT2D eigenvalue weighted by Gasteiger charge is 2.22. The van der Waals surface area contributed by atoms with Gasteiger partial charge in [-0.1, -0.05) is 19.8 Å². The van der Waals surface area contributed by atoms with Crippen molar-refractivity contribution in [1.29, 1.82) is 0 Å². The minimum absolute atomic E-state index is 0.285. The Morgan fingerprint density at radius 1 is 1.40 bits per heavy atom. The highest BCUT2D eigenvalue weighted by atomic mass is 16.3. The first-order valence-electron chi connectivity index (χ1n) is 6.34. The molecule has 0 aliphatic heterocycles. The molecule has 1 aliphatic carbocycles. The minimum Gasteiger partial charge on any atom is -0.396 e. The fraction of sp³-hybridized carbons (Fsp3) is 1.00. The lowest BCUT2D eigenvalue weighted by atomic mass is 10.1. The number of nitrogens with zero attached hydrogens (tertiary/aromatic N) is 1. The van der Waals surface area contributed by atoms with Gasteiger partial charge in [0.2, 0.25) is 0 Å². The van der Waals surface area contributed by atoms with Crippen LogP contribution in [-0.4, -0.2) is 48.8 Å². The maximum Gasteiger partial charge on any atom is 0.0446 e. The number of nitrogens with one attached hydrogen (secondary N) is 1. The van der Waals surface area contributed by atoms with Gasteiger partial charge in [-0.25, -0.2) is 0 Å². The van der Waals surface area contributed by atoms with Gasteiger partial charge in [-0.05, 0) is 32.9 Å². The van der Waals surface area contributed by atoms with E-state index in [1.807, 2.05) is 7.05 Å². The Bertz CT molecular complexity index is 158. The van der Waals surface area contributed by atoms with E-state index in [4.69, 9.17) is 5.11 Å². The summed E-state index contributed by atoms with van der Waals surface area (Å²) in [5.74, 6) is 0. The molecule has 1 atom stereocenters. The zero-order valence-corrected chi connectivity index (χ0v) is 10.2. The maximum absolute atomic E-state index is 8.96. The van der Waals surface area contributed by atoms with E-state index in [9.17, 15) is 0 Å². The minimum atomic E-state index is 0.285. The lowest BCUT2D eigenvalue weighted by molar-refractivity contribution is 0.172. The molecule has 15 heavy (non-hydrogen) atoms. The van der Waals surface area contributed by atoms with Gasteiger partial charge in [0.15, 0.2) is 0 Å². The number of hydrogen-bond acceptors (Lipinski definition) is 3. The summed E-state index contributed by atoms with van der Waals surface area (Å²) in [6.45, 7) is 4.74. The summed E-state index contributed by atoms with van der Waals surface area (Å²) < 4.78 is 0. The van der Waals surface area contributed by atoms with Crippen molar-refractivity contribution in [3.05, 3.63) is 0 Å². The second-order valence-electron chi connectivity index (χ2n) is 4.52. The summed E-state index contributed by atoms with van der Waals surface area (Å²) in [5, 5.41) is 12.2. The monoisotopic (exact) mass is 214 g/mol. The average Bonchev–Trinajstić information content (AvgIpc) is 2.77. The van der Waals surface area contributed by atoms with Crippen LogP contribution in [0.25, 0.3) is 0 Å². The molecule has 3 heteroatoms. The highest BCUT2D eigenvalue weighted by molar-refractivity contribution is 4.80. The summed E-state index contributed by atoms with van der Waals surface area (Å²) in [5.41, 5.74) is 0. The molecule has 1 unspecified atom stereocenters. The van der Waals surface area contributed by atoms with E-state index in [0.29, 0.717) is 6.04 Å². The molecule has 2 N–H and O–H groups in total. The number of aliphatic hydroxyl groups excluding tert-OH is 1. The van der Waals surface area contributed by atoms with E-state index >= 15 is 0 Å². The fourth-order valence-electron chi connectivity index (χ4n) is 2.57. The Morgan fingerprint density at radius 2 is 2.07 bits per heavy atom. The number of aliphatic hydroxyl groups is 1. The Labute approximate surface area is 93.9 Å². The molecule has 0 radical (unpaired) electrons. The number of likely N-dealkylation sites (N-methyl/N-ethyl adjacent to an activating group) is 2. The van der Waals surface area contributed by atoms with Crippen molar-refractivity contribution in [3.63, 3.8) is 0 Å². The zero-order valence-electron chi connectivity index (χ0n) is 10.2. The van der Waals surface area contributed by atoms with Gasteiger partial charge < -0.3 is 10.4 Å². The van der Waals surface area contributed by atoms with Crippen LogP contribution in [0.15, 0.2) is 0 Å². The molecule has 0 heterocycles. The van der Waals surface area contributed by atoms with Crippen LogP contribution in [0.3, 0.4) is 0 Å². The van der Waals surface area contributed by atoms with E-state index in [2.05, 4.69) is 17.1 Å². The molecular weight excluding hydrogens is 188 g/mol. The van der Waals surface area contributed by atoms with Crippen molar-refractivity contribution in [1.82, 2.24) is 10.2 Å². The van der Waals surface area contributed by atoms with Gasteiger partial charge in [-0.2, -0.15) is 0 Å². The van der Waals surface area contributed by atoms with Gasteiger partial charge in [0.1, 0.15) is 0 Å². The topological polar surface area (TPSA) is 35.5 Å². The second kappa shape index (κ2) is 7.20. The van der Waals surface area contributed by atoms with E-state index in [-0.39, 0.29) is 6.61 Å². The van der Waals surface area contributed by atoms with Crippen LogP contribution < -0.4 is 5.32 Å². The molecule has 90 valence electrons. The van der Waals surface area contributed by atoms with Crippen molar-refractivity contribution < 1.29 is 5.11 Å². The predicted octanol–water partition coefficient (Wildman–Crippen LogP) is 1.22. The largest absolute Gasteiger partial charge is 0.396 e. The van der Waals surface area contributed by atoms with E-state index in [0.717, 1.165) is 25.6 Å². The molecule has 3 nitrogen and oxygen atoms in total. The smallest absolute Gasteiger partial charge is 0.0446 e. The van der Waals surface area contributed by atoms with Crippen molar-refractivity contribution in [2.45, 2.75) is 51.1 Å². The molecule has 1 rings (SSSR count). The van der Waals surface area contributed by atoms with E-state index < -0.39 is 0 Å². The SMILES string of the molecule is CCN(CC(CCO)NC)C1CCCC1. The molecule has 1 fully saturated rings. The third-order valence-electron chi connectivity index (χ3n) is 3.59. The molecule has 1 saturated carbocycles. The van der Waals surface area contributed by atoms with Crippen LogP contribution in [0.4, 0.5) is 0 Å². The van der Waals surface area contributed by atoms with Gasteiger partial charge in [0, 0.05) is 25.2 Å². The molecule has 0 spiro atoms. The normalized spacial score (nSPS) is 20.0. The molecular formula is C12H26N2O. The van der Waals surface area contributed by atoms with Crippen molar-refractivity contribution in [3.8, 4) is 0 Å². The lowest BCUT2D eigenvalue weighted by Gasteiger charge is -2.31. The lowest BCUT2D eigenvalue weighted by Crippen LogP contribution is -2.44. The molecule has 0 aromatic heterocycles. The number of rotatable bonds is 7. The highest BCUT2D eigenvalue weighted by Crippen LogP contribution is 2.23. The molecule has 0 bridgehead atoms. The summed E-state index contributed by atoms with van der Waals surface area (Å²) in [6, 6.07) is 1.24. The van der Waals surface area contributed by atoms with Gasteiger partial charge in [0.05, 0.1) is 0 Å². The van der Waals surface area contributed by atoms with Gasteiger partial charge in [-0.3, -0.25) is 4.90 Å². The Kier molecular flexibility index (Phi) is 6.22. The molecule has 0 aromatic rings. The van der Waals surface area contributed by atoms with E-state index in [1.54, 1.807) is 0 Å². The van der Waals surface area contributed by atoms with E-state index in [1.165, 1.54) is 25.7 Å². The van der Waals surface area contributed by atoms with Crippen LogP contribution in [0, 0.1) is 0 Å². The van der Waals surface area contributed by atoms with Crippen LogP contribution in [0.1, 0.15) is 39.0 Å². The van der Waals surface area contributed by atoms with Crippen LogP contribution in [-0.2, 0) is 0 Å². The number of hydrogen-bond donors (Lipinski definition) is 2. The van der Waals surface area contributed by atoms with Crippen LogP contribution >= 0.6 is 0 Å². The van der Waals surface area contributed by atoms with Gasteiger partial charge in [0.25, 0.3) is 0 Å². The first-order valence-corrected chi connectivity index (χ1v) is 6.34. The van der Waals surface area contributed by atoms with Crippen LogP contribution in [0.2, 0.25) is 0 Å². The van der Waals surface area contributed by atoms with Crippen molar-refractivity contribution in [2.24, 2.45) is 0 Å². The molecule has 0 amide bonds. The first-order chi connectivity index (χ1) is 7.31. The van der Waals surface area contributed by atoms with Crippen LogP contribution in [0.5, 0.6) is 0 Å². The molecule has 1 aliphatic rings. The standard InChI is InChI=1S/C12H26N2O/c1-3-14(12-6-4-5-7-12)10-11(13-2)8-9-15/h11-13,15H,3-10H2,1-2H3. The van der Waals surface area contributed by atoms with Crippen molar-refractivity contribution >= 4 is 0 Å². The third-order valence-corrected chi connectivity index (χ3v) is 3.59. The summed E-state index contributed by atoms with van der Waals surface area (Å²) in [6.07, 6.45) is 6.38.